The second-order valence-corrected chi connectivity index (χ2v) is 5.23. The number of benzene rings is 1. The monoisotopic (exact) mass is 335 g/mol. The largest absolute Gasteiger partial charge is 0.416 e. The molecule has 0 aliphatic carbocycles. The van der Waals surface area contributed by atoms with Gasteiger partial charge >= 0.3 is 6.18 Å². The molecule has 0 aliphatic rings. The summed E-state index contributed by atoms with van der Waals surface area (Å²) in [7, 11) is 0. The highest BCUT2D eigenvalue weighted by molar-refractivity contribution is 5.95. The number of hydrogen-bond acceptors (Lipinski definition) is 3. The molecule has 1 atom stereocenters. The van der Waals surface area contributed by atoms with E-state index in [1.54, 1.807) is 13.8 Å². The minimum absolute atomic E-state index is 0.154. The topological polar surface area (TPSA) is 84.2 Å². The van der Waals surface area contributed by atoms with E-state index in [1.165, 1.54) is 0 Å². The van der Waals surface area contributed by atoms with Gasteiger partial charge in [0.2, 0.25) is 11.8 Å². The number of halogens is 4. The Kier molecular flexibility index (Phi) is 6.08. The fraction of sp³-hybridized carbons (Fsp3) is 0.429. The minimum Gasteiger partial charge on any atom is -0.346 e. The van der Waals surface area contributed by atoms with Gasteiger partial charge in [-0.3, -0.25) is 9.59 Å². The average Bonchev–Trinajstić information content (AvgIpc) is 2.44. The third kappa shape index (κ3) is 5.51. The summed E-state index contributed by atoms with van der Waals surface area (Å²) in [6.07, 6.45) is -4.66. The average molecular weight is 335 g/mol. The molecule has 4 N–H and O–H groups in total. The lowest BCUT2D eigenvalue weighted by Gasteiger charge is -2.15. The summed E-state index contributed by atoms with van der Waals surface area (Å²) in [5.41, 5.74) is 3.85. The Morgan fingerprint density at radius 3 is 2.39 bits per heavy atom. The van der Waals surface area contributed by atoms with Crippen LogP contribution in [0.4, 0.5) is 23.2 Å². The molecule has 0 aliphatic heterocycles. The zero-order chi connectivity index (χ0) is 17.8. The van der Waals surface area contributed by atoms with Crippen molar-refractivity contribution < 1.29 is 27.2 Å². The number of nitrogens with two attached hydrogens (primary N) is 1. The molecule has 0 aromatic heterocycles. The van der Waals surface area contributed by atoms with Gasteiger partial charge in [0.05, 0.1) is 23.8 Å². The van der Waals surface area contributed by atoms with E-state index in [4.69, 9.17) is 5.73 Å². The number of carbonyl (C=O) groups is 2. The summed E-state index contributed by atoms with van der Waals surface area (Å²) in [6, 6.07) is 0.822. The Morgan fingerprint density at radius 1 is 1.26 bits per heavy atom. The number of rotatable bonds is 5. The van der Waals surface area contributed by atoms with Gasteiger partial charge in [-0.1, -0.05) is 13.8 Å². The van der Waals surface area contributed by atoms with Crippen molar-refractivity contribution >= 4 is 17.5 Å². The first-order valence-corrected chi connectivity index (χ1v) is 6.72. The number of hydrogen-bond donors (Lipinski definition) is 3. The molecule has 0 unspecified atom stereocenters. The van der Waals surface area contributed by atoms with Gasteiger partial charge in [-0.05, 0) is 24.1 Å². The molecule has 0 saturated heterocycles. The maximum Gasteiger partial charge on any atom is 0.416 e. The Balaban J connectivity index is 2.69. The van der Waals surface area contributed by atoms with Crippen LogP contribution in [-0.2, 0) is 15.8 Å². The molecule has 0 fully saturated rings. The van der Waals surface area contributed by atoms with Gasteiger partial charge < -0.3 is 16.4 Å². The molecule has 5 nitrogen and oxygen atoms in total. The Bertz CT molecular complexity index is 588. The summed E-state index contributed by atoms with van der Waals surface area (Å²) in [4.78, 5) is 23.2. The number of alkyl halides is 3. The molecule has 0 heterocycles. The summed E-state index contributed by atoms with van der Waals surface area (Å²) in [6.45, 7) is 2.89. The maximum atomic E-state index is 13.5. The third-order valence-corrected chi connectivity index (χ3v) is 3.01. The minimum atomic E-state index is -4.66. The van der Waals surface area contributed by atoms with Crippen molar-refractivity contribution in [3.63, 3.8) is 0 Å². The molecule has 0 saturated carbocycles. The number of nitrogens with one attached hydrogen (secondary N) is 2. The number of carbonyl (C=O) groups excluding carboxylic acids is 2. The van der Waals surface area contributed by atoms with E-state index in [1.807, 2.05) is 5.32 Å². The molecule has 1 aromatic carbocycles. The Labute approximate surface area is 130 Å². The molecule has 1 aromatic rings. The van der Waals surface area contributed by atoms with Crippen LogP contribution in [0.25, 0.3) is 0 Å². The quantitative estimate of drug-likeness (QED) is 0.719. The van der Waals surface area contributed by atoms with Crippen molar-refractivity contribution in [3.05, 3.63) is 29.6 Å². The zero-order valence-corrected chi connectivity index (χ0v) is 12.5. The highest BCUT2D eigenvalue weighted by Gasteiger charge is 2.31. The standard InChI is InChI=1S/C14H17F4N3O2/c1-7(2)12(19)13(23)20-6-11(22)21-10-5-8(14(16,17)18)3-4-9(10)15/h3-5,7,12H,6,19H2,1-2H3,(H,20,23)(H,21,22)/t12-/m0/s1. The lowest BCUT2D eigenvalue weighted by atomic mass is 10.1. The smallest absolute Gasteiger partial charge is 0.346 e. The van der Waals surface area contributed by atoms with Crippen molar-refractivity contribution in [2.75, 3.05) is 11.9 Å². The van der Waals surface area contributed by atoms with Crippen LogP contribution in [0.3, 0.4) is 0 Å². The fourth-order valence-electron chi connectivity index (χ4n) is 1.58. The molecule has 0 spiro atoms. The fourth-order valence-corrected chi connectivity index (χ4v) is 1.58. The molecule has 23 heavy (non-hydrogen) atoms. The first kappa shape index (κ1) is 18.9. The van der Waals surface area contributed by atoms with Crippen LogP contribution in [-0.4, -0.2) is 24.4 Å². The van der Waals surface area contributed by atoms with Crippen LogP contribution in [0.15, 0.2) is 18.2 Å². The van der Waals surface area contributed by atoms with E-state index in [9.17, 15) is 27.2 Å². The van der Waals surface area contributed by atoms with Crippen molar-refractivity contribution in [1.82, 2.24) is 5.32 Å². The number of amides is 2. The van der Waals surface area contributed by atoms with E-state index in [2.05, 4.69) is 5.32 Å². The first-order chi connectivity index (χ1) is 10.5. The lowest BCUT2D eigenvalue weighted by Crippen LogP contribution is -2.46. The van der Waals surface area contributed by atoms with Crippen LogP contribution in [0, 0.1) is 11.7 Å². The lowest BCUT2D eigenvalue weighted by molar-refractivity contribution is -0.137. The molecule has 1 rings (SSSR count). The van der Waals surface area contributed by atoms with E-state index in [0.717, 1.165) is 0 Å². The first-order valence-electron chi connectivity index (χ1n) is 6.72. The molecular formula is C14H17F4N3O2. The van der Waals surface area contributed by atoms with E-state index in [-0.39, 0.29) is 5.92 Å². The molecule has 128 valence electrons. The zero-order valence-electron chi connectivity index (χ0n) is 12.5. The SMILES string of the molecule is CC(C)[C@H](N)C(=O)NCC(=O)Nc1cc(C(F)(F)F)ccc1F. The second-order valence-electron chi connectivity index (χ2n) is 5.23. The summed E-state index contributed by atoms with van der Waals surface area (Å²) < 4.78 is 51.1. The Hall–Kier alpha value is -2.16. The van der Waals surface area contributed by atoms with Gasteiger partial charge in [-0.2, -0.15) is 13.2 Å². The van der Waals surface area contributed by atoms with Crippen LogP contribution < -0.4 is 16.4 Å². The molecule has 0 radical (unpaired) electrons. The Morgan fingerprint density at radius 2 is 1.87 bits per heavy atom. The van der Waals surface area contributed by atoms with Crippen molar-refractivity contribution in [3.8, 4) is 0 Å². The van der Waals surface area contributed by atoms with E-state index >= 15 is 0 Å². The molecule has 9 heteroatoms. The van der Waals surface area contributed by atoms with E-state index < -0.39 is 47.6 Å². The molecular weight excluding hydrogens is 318 g/mol. The second kappa shape index (κ2) is 7.40. The molecule has 0 bridgehead atoms. The van der Waals surface area contributed by atoms with Crippen LogP contribution in [0.1, 0.15) is 19.4 Å². The maximum absolute atomic E-state index is 13.5. The predicted molar refractivity (Wildman–Crippen MR) is 75.9 cm³/mol. The van der Waals surface area contributed by atoms with E-state index in [0.29, 0.717) is 18.2 Å². The van der Waals surface area contributed by atoms with Crippen LogP contribution in [0.2, 0.25) is 0 Å². The summed E-state index contributed by atoms with van der Waals surface area (Å²) in [5, 5.41) is 4.20. The van der Waals surface area contributed by atoms with Gasteiger partial charge in [-0.15, -0.1) is 0 Å². The van der Waals surface area contributed by atoms with Crippen molar-refractivity contribution in [2.45, 2.75) is 26.1 Å². The van der Waals surface area contributed by atoms with Crippen molar-refractivity contribution in [1.29, 1.82) is 0 Å². The highest BCUT2D eigenvalue weighted by atomic mass is 19.4. The predicted octanol–water partition coefficient (Wildman–Crippen LogP) is 1.88. The van der Waals surface area contributed by atoms with Gasteiger partial charge in [-0.25, -0.2) is 4.39 Å². The van der Waals surface area contributed by atoms with Crippen molar-refractivity contribution in [2.24, 2.45) is 11.7 Å². The highest BCUT2D eigenvalue weighted by Crippen LogP contribution is 2.31. The van der Waals surface area contributed by atoms with Gasteiger partial charge in [0.1, 0.15) is 5.82 Å². The van der Waals surface area contributed by atoms with Crippen LogP contribution in [0.5, 0.6) is 0 Å². The van der Waals surface area contributed by atoms with Gasteiger partial charge in [0.15, 0.2) is 0 Å². The van der Waals surface area contributed by atoms with Gasteiger partial charge in [0, 0.05) is 0 Å². The summed E-state index contributed by atoms with van der Waals surface area (Å²) in [5.74, 6) is -2.62. The van der Waals surface area contributed by atoms with Crippen LogP contribution >= 0.6 is 0 Å². The third-order valence-electron chi connectivity index (χ3n) is 3.01. The number of anilines is 1. The normalized spacial score (nSPS) is 12.9. The van der Waals surface area contributed by atoms with Gasteiger partial charge in [0.25, 0.3) is 0 Å². The summed E-state index contributed by atoms with van der Waals surface area (Å²) >= 11 is 0. The molecule has 2 amide bonds.